The molecule has 0 fully saturated rings. The van der Waals surface area contributed by atoms with Gasteiger partial charge >= 0.3 is 5.97 Å². The molecule has 0 radical (unpaired) electrons. The summed E-state index contributed by atoms with van der Waals surface area (Å²) in [4.78, 5) is 10.1. The third kappa shape index (κ3) is 0.407. The van der Waals surface area contributed by atoms with E-state index in [-0.39, 0.29) is 18.6 Å². The van der Waals surface area contributed by atoms with Gasteiger partial charge in [-0.05, 0) is 6.08 Å². The van der Waals surface area contributed by atoms with Crippen molar-refractivity contribution in [2.45, 2.75) is 6.42 Å². The van der Waals surface area contributed by atoms with Crippen LogP contribution >= 0.6 is 0 Å². The molecule has 0 saturated heterocycles. The highest BCUT2D eigenvalue weighted by atomic mass is 16.5. The molecular formula is C4H4O2. The molecule has 0 N–H and O–H groups in total. The van der Waals surface area contributed by atoms with Gasteiger partial charge in [0.2, 0.25) is 0 Å². The summed E-state index contributed by atoms with van der Waals surface area (Å²) in [5.74, 6) is -0.329. The Morgan fingerprint density at radius 3 is 3.17 bits per heavy atom. The normalized spacial score (nSPS) is 22.3. The number of carbonyl (C=O) groups excluding carboxylic acids is 1. The second-order valence-electron chi connectivity index (χ2n) is 1.00. The zero-order valence-electron chi connectivity index (χ0n) is 4.10. The Bertz CT molecular complexity index is 128. The molecule has 1 aliphatic rings. The zero-order valence-corrected chi connectivity index (χ0v) is 3.10. The Hall–Kier alpha value is -0.790. The first-order valence-corrected chi connectivity index (χ1v) is 1.66. The standard InChI is InChI=1S/C4H4O2/c5-4-2-1-3-6-4/h1,3H,2H2/i3D. The number of cyclic esters (lactones) is 1. The van der Waals surface area contributed by atoms with Crippen LogP contribution in [-0.2, 0) is 9.53 Å². The van der Waals surface area contributed by atoms with Crippen molar-refractivity contribution in [2.75, 3.05) is 0 Å². The van der Waals surface area contributed by atoms with Crippen LogP contribution in [0.1, 0.15) is 7.79 Å². The Balaban J connectivity index is 2.58. The van der Waals surface area contributed by atoms with Crippen molar-refractivity contribution in [3.05, 3.63) is 12.3 Å². The van der Waals surface area contributed by atoms with Gasteiger partial charge in [0, 0.05) is 0 Å². The van der Waals surface area contributed by atoms with Crippen molar-refractivity contribution in [2.24, 2.45) is 0 Å². The maximum Gasteiger partial charge on any atom is 0.314 e. The van der Waals surface area contributed by atoms with Crippen molar-refractivity contribution in [1.29, 1.82) is 0 Å². The van der Waals surface area contributed by atoms with Gasteiger partial charge in [-0.2, -0.15) is 0 Å². The van der Waals surface area contributed by atoms with Gasteiger partial charge in [0.05, 0.1) is 12.7 Å². The van der Waals surface area contributed by atoms with E-state index in [1.165, 1.54) is 6.08 Å². The molecule has 2 heteroatoms. The summed E-state index contributed by atoms with van der Waals surface area (Å²) in [6, 6.07) is 0. The molecule has 6 heavy (non-hydrogen) atoms. The van der Waals surface area contributed by atoms with Crippen molar-refractivity contribution >= 4 is 5.97 Å². The van der Waals surface area contributed by atoms with Crippen molar-refractivity contribution in [3.63, 3.8) is 0 Å². The minimum absolute atomic E-state index is 0.0231. The van der Waals surface area contributed by atoms with Gasteiger partial charge in [-0.3, -0.25) is 4.79 Å². The fraction of sp³-hybridized carbons (Fsp3) is 0.250. The molecule has 0 aromatic rings. The maximum atomic E-state index is 10.1. The number of ether oxygens (including phenoxy) is 1. The Morgan fingerprint density at radius 2 is 3.00 bits per heavy atom. The molecule has 0 saturated carbocycles. The van der Waals surface area contributed by atoms with E-state index in [9.17, 15) is 4.79 Å². The van der Waals surface area contributed by atoms with Gasteiger partial charge in [-0.1, -0.05) is 0 Å². The van der Waals surface area contributed by atoms with Gasteiger partial charge in [0.25, 0.3) is 0 Å². The Labute approximate surface area is 36.8 Å². The fourth-order valence-corrected chi connectivity index (χ4v) is 0.274. The Kier molecular flexibility index (Phi) is 0.449. The summed E-state index contributed by atoms with van der Waals surface area (Å²) in [6.07, 6.45) is 1.67. The lowest BCUT2D eigenvalue weighted by molar-refractivity contribution is -0.135. The van der Waals surface area contributed by atoms with Gasteiger partial charge in [-0.15, -0.1) is 0 Å². The summed E-state index contributed by atoms with van der Waals surface area (Å²) < 4.78 is 10.9. The molecule has 0 aromatic heterocycles. The molecule has 0 bridgehead atoms. The molecule has 0 amide bonds. The minimum atomic E-state index is -0.329. The van der Waals surface area contributed by atoms with Crippen molar-refractivity contribution in [1.82, 2.24) is 0 Å². The average molecular weight is 85.1 g/mol. The van der Waals surface area contributed by atoms with Crippen molar-refractivity contribution < 1.29 is 10.9 Å². The highest BCUT2D eigenvalue weighted by Gasteiger charge is 2.00. The third-order valence-corrected chi connectivity index (χ3v) is 0.525. The molecule has 32 valence electrons. The predicted molar refractivity (Wildman–Crippen MR) is 19.8 cm³/mol. The minimum Gasteiger partial charge on any atom is -0.435 e. The van der Waals surface area contributed by atoms with Crippen LogP contribution in [0, 0.1) is 0 Å². The highest BCUT2D eigenvalue weighted by molar-refractivity contribution is 5.73. The molecule has 0 atom stereocenters. The maximum absolute atomic E-state index is 10.1. The van der Waals surface area contributed by atoms with Crippen LogP contribution in [0.25, 0.3) is 0 Å². The second-order valence-corrected chi connectivity index (χ2v) is 1.00. The molecular weight excluding hydrogens is 80.0 g/mol. The van der Waals surface area contributed by atoms with E-state index in [4.69, 9.17) is 1.37 Å². The van der Waals surface area contributed by atoms with Crippen LogP contribution in [0.15, 0.2) is 12.3 Å². The van der Waals surface area contributed by atoms with Crippen LogP contribution in [0.3, 0.4) is 0 Å². The van der Waals surface area contributed by atoms with Gasteiger partial charge < -0.3 is 4.74 Å². The SMILES string of the molecule is [2H]C1=CCC(=O)O1. The van der Waals surface area contributed by atoms with Crippen LogP contribution in [0.2, 0.25) is 0 Å². The van der Waals surface area contributed by atoms with E-state index in [1.807, 2.05) is 0 Å². The Morgan fingerprint density at radius 1 is 2.17 bits per heavy atom. The smallest absolute Gasteiger partial charge is 0.314 e. The number of hydrogen-bond donors (Lipinski definition) is 0. The summed E-state index contributed by atoms with van der Waals surface area (Å²) in [6.45, 7) is 0. The molecule has 1 rings (SSSR count). The van der Waals surface area contributed by atoms with E-state index >= 15 is 0 Å². The van der Waals surface area contributed by atoms with E-state index in [0.29, 0.717) is 0 Å². The average Bonchev–Trinajstić information content (AvgIpc) is 1.87. The van der Waals surface area contributed by atoms with Gasteiger partial charge in [0.1, 0.15) is 1.37 Å². The molecule has 2 nitrogen and oxygen atoms in total. The topological polar surface area (TPSA) is 26.3 Å². The lowest BCUT2D eigenvalue weighted by Gasteiger charge is -1.78. The second kappa shape index (κ2) is 1.12. The summed E-state index contributed by atoms with van der Waals surface area (Å²) >= 11 is 0. The molecule has 0 unspecified atom stereocenters. The lowest BCUT2D eigenvalue weighted by atomic mass is 10.5. The van der Waals surface area contributed by atoms with E-state index in [1.54, 1.807) is 0 Å². The fourth-order valence-electron chi connectivity index (χ4n) is 0.274. The first-order chi connectivity index (χ1) is 3.29. The number of hydrogen-bond acceptors (Lipinski definition) is 2. The number of carbonyl (C=O) groups is 1. The van der Waals surface area contributed by atoms with Gasteiger partial charge in [0.15, 0.2) is 0 Å². The summed E-state index contributed by atoms with van der Waals surface area (Å²) in [5, 5.41) is 0. The molecule has 0 aliphatic carbocycles. The van der Waals surface area contributed by atoms with Crippen LogP contribution in [0.5, 0.6) is 0 Å². The lowest BCUT2D eigenvalue weighted by Crippen LogP contribution is -1.87. The summed E-state index contributed by atoms with van der Waals surface area (Å²) in [5.41, 5.74) is 0. The third-order valence-electron chi connectivity index (χ3n) is 0.525. The monoisotopic (exact) mass is 85.0 g/mol. The highest BCUT2D eigenvalue weighted by Crippen LogP contribution is 1.96. The number of esters is 1. The van der Waals surface area contributed by atoms with Crippen LogP contribution < -0.4 is 0 Å². The molecule has 0 aromatic carbocycles. The zero-order chi connectivity index (χ0) is 5.28. The predicted octanol–water partition coefficient (Wildman–Crippen LogP) is 0.447. The van der Waals surface area contributed by atoms with Gasteiger partial charge in [-0.25, -0.2) is 0 Å². The first kappa shape index (κ1) is 2.39. The quantitative estimate of drug-likeness (QED) is 0.399. The largest absolute Gasteiger partial charge is 0.435 e. The van der Waals surface area contributed by atoms with E-state index in [0.717, 1.165) is 0 Å². The first-order valence-electron chi connectivity index (χ1n) is 2.16. The van der Waals surface area contributed by atoms with E-state index < -0.39 is 0 Å². The van der Waals surface area contributed by atoms with E-state index in [2.05, 4.69) is 4.74 Å². The number of rotatable bonds is 0. The van der Waals surface area contributed by atoms with Crippen LogP contribution in [0.4, 0.5) is 0 Å². The molecule has 1 aliphatic heterocycles. The molecule has 0 spiro atoms. The van der Waals surface area contributed by atoms with Crippen molar-refractivity contribution in [3.8, 4) is 0 Å². The molecule has 1 heterocycles. The van der Waals surface area contributed by atoms with Crippen LogP contribution in [-0.4, -0.2) is 5.97 Å². The summed E-state index contributed by atoms with van der Waals surface area (Å²) in [7, 11) is 0.